The van der Waals surface area contributed by atoms with Gasteiger partial charge in [0.2, 0.25) is 0 Å². The van der Waals surface area contributed by atoms with Crippen LogP contribution in [0.15, 0.2) is 15.4 Å². The van der Waals surface area contributed by atoms with Crippen molar-refractivity contribution in [3.05, 3.63) is 22.2 Å². The van der Waals surface area contributed by atoms with Gasteiger partial charge >= 0.3 is 6.09 Å². The Labute approximate surface area is 117 Å². The van der Waals surface area contributed by atoms with Crippen LogP contribution in [0.5, 0.6) is 0 Å². The second-order valence-electron chi connectivity index (χ2n) is 6.73. The molecular weight excluding hydrogens is 260 g/mol. The van der Waals surface area contributed by atoms with Gasteiger partial charge in [0.25, 0.3) is 5.56 Å². The minimum absolute atomic E-state index is 0.0357. The highest BCUT2D eigenvalue weighted by Crippen LogP contribution is 2.36. The smallest absolute Gasteiger partial charge is 0.407 e. The summed E-state index contributed by atoms with van der Waals surface area (Å²) in [6, 6.07) is 1.43. The summed E-state index contributed by atoms with van der Waals surface area (Å²) in [5.41, 5.74) is -0.188. The van der Waals surface area contributed by atoms with Crippen molar-refractivity contribution in [3.8, 4) is 0 Å². The number of hydrogen-bond acceptors (Lipinski definition) is 3. The molecule has 2 heterocycles. The van der Waals surface area contributed by atoms with Crippen molar-refractivity contribution >= 4 is 6.09 Å². The molecule has 0 spiro atoms. The lowest BCUT2D eigenvalue weighted by Gasteiger charge is -2.39. The molecule has 2 rings (SSSR count). The van der Waals surface area contributed by atoms with E-state index in [2.05, 4.69) is 25.9 Å². The van der Waals surface area contributed by atoms with Gasteiger partial charge in [-0.2, -0.15) is 5.16 Å². The predicted octanol–water partition coefficient (Wildman–Crippen LogP) is 2.63. The lowest BCUT2D eigenvalue weighted by molar-refractivity contribution is 0.0793. The molecule has 20 heavy (non-hydrogen) atoms. The first-order chi connectivity index (χ1) is 9.26. The van der Waals surface area contributed by atoms with Crippen molar-refractivity contribution in [2.45, 2.75) is 52.0 Å². The van der Waals surface area contributed by atoms with Crippen molar-refractivity contribution in [2.75, 3.05) is 6.54 Å². The molecule has 2 atom stereocenters. The molecule has 6 heteroatoms. The number of H-pyrrole nitrogens is 1. The number of carbonyl (C=O) groups is 1. The van der Waals surface area contributed by atoms with Crippen LogP contribution in [0.4, 0.5) is 4.79 Å². The van der Waals surface area contributed by atoms with Crippen LogP contribution in [0.1, 0.15) is 51.7 Å². The maximum absolute atomic E-state index is 11.3. The van der Waals surface area contributed by atoms with Crippen LogP contribution in [-0.4, -0.2) is 33.8 Å². The molecule has 0 bridgehead atoms. The van der Waals surface area contributed by atoms with Crippen LogP contribution < -0.4 is 5.56 Å². The fourth-order valence-corrected chi connectivity index (χ4v) is 2.96. The number of aromatic amines is 1. The first-order valence-corrected chi connectivity index (χ1v) is 6.94. The van der Waals surface area contributed by atoms with Gasteiger partial charge in [-0.3, -0.25) is 4.79 Å². The number of hydrogen-bond donors (Lipinski definition) is 2. The SMILES string of the molecule is CC(C)(C)CC1CC(c2cc(=O)[nH]o2)CCN1C(=O)O. The molecule has 1 aromatic rings. The van der Waals surface area contributed by atoms with Gasteiger partial charge in [0, 0.05) is 24.6 Å². The molecule has 6 nitrogen and oxygen atoms in total. The predicted molar refractivity (Wildman–Crippen MR) is 73.9 cm³/mol. The zero-order chi connectivity index (χ0) is 14.9. The van der Waals surface area contributed by atoms with E-state index in [9.17, 15) is 14.7 Å². The maximum Gasteiger partial charge on any atom is 0.407 e. The number of carboxylic acid groups (broad SMARTS) is 1. The Kier molecular flexibility index (Phi) is 3.92. The molecule has 1 aromatic heterocycles. The summed E-state index contributed by atoms with van der Waals surface area (Å²) >= 11 is 0. The lowest BCUT2D eigenvalue weighted by atomic mass is 9.80. The minimum Gasteiger partial charge on any atom is -0.465 e. The second kappa shape index (κ2) is 5.34. The number of nitrogens with one attached hydrogen (secondary N) is 1. The number of piperidine rings is 1. The number of likely N-dealkylation sites (tertiary alicyclic amines) is 1. The highest BCUT2D eigenvalue weighted by molar-refractivity contribution is 5.65. The van der Waals surface area contributed by atoms with Gasteiger partial charge in [-0.15, -0.1) is 0 Å². The molecule has 0 aliphatic carbocycles. The Hall–Kier alpha value is -1.72. The molecule has 2 N–H and O–H groups in total. The molecule has 112 valence electrons. The third kappa shape index (κ3) is 3.43. The first-order valence-electron chi connectivity index (χ1n) is 6.94. The van der Waals surface area contributed by atoms with Gasteiger partial charge in [-0.25, -0.2) is 4.79 Å². The summed E-state index contributed by atoms with van der Waals surface area (Å²) in [5, 5.41) is 11.6. The van der Waals surface area contributed by atoms with Crippen LogP contribution in [0.2, 0.25) is 0 Å². The van der Waals surface area contributed by atoms with Gasteiger partial charge < -0.3 is 14.5 Å². The van der Waals surface area contributed by atoms with E-state index in [1.807, 2.05) is 0 Å². The largest absolute Gasteiger partial charge is 0.465 e. The van der Waals surface area contributed by atoms with E-state index in [0.717, 1.165) is 6.42 Å². The van der Waals surface area contributed by atoms with Crippen molar-refractivity contribution in [1.29, 1.82) is 0 Å². The lowest BCUT2D eigenvalue weighted by Crippen LogP contribution is -2.46. The van der Waals surface area contributed by atoms with Crippen LogP contribution in [0.25, 0.3) is 0 Å². The maximum atomic E-state index is 11.3. The van der Waals surface area contributed by atoms with Gasteiger partial charge in [0.05, 0.1) is 0 Å². The summed E-state index contributed by atoms with van der Waals surface area (Å²) in [6.07, 6.45) is 1.32. The van der Waals surface area contributed by atoms with Crippen LogP contribution in [0.3, 0.4) is 0 Å². The Morgan fingerprint density at radius 2 is 2.25 bits per heavy atom. The number of amides is 1. The fourth-order valence-electron chi connectivity index (χ4n) is 2.96. The first kappa shape index (κ1) is 14.7. The molecule has 1 saturated heterocycles. The zero-order valence-electron chi connectivity index (χ0n) is 12.2. The van der Waals surface area contributed by atoms with E-state index in [1.165, 1.54) is 11.0 Å². The van der Waals surface area contributed by atoms with E-state index in [1.54, 1.807) is 0 Å². The van der Waals surface area contributed by atoms with E-state index in [-0.39, 0.29) is 22.9 Å². The number of rotatable bonds is 2. The summed E-state index contributed by atoms with van der Waals surface area (Å²) < 4.78 is 5.17. The quantitative estimate of drug-likeness (QED) is 0.873. The summed E-state index contributed by atoms with van der Waals surface area (Å²) in [6.45, 7) is 6.79. The fraction of sp³-hybridized carbons (Fsp3) is 0.714. The van der Waals surface area contributed by atoms with E-state index < -0.39 is 6.09 Å². The standard InChI is InChI=1S/C14H22N2O4/c1-14(2,3)8-10-6-9(4-5-16(10)13(18)19)11-7-12(17)15-20-11/h7,9-10H,4-6,8H2,1-3H3,(H,15,17)(H,18,19). The summed E-state index contributed by atoms with van der Waals surface area (Å²) in [7, 11) is 0. The van der Waals surface area contributed by atoms with Gasteiger partial charge in [-0.05, 0) is 24.7 Å². The van der Waals surface area contributed by atoms with Crippen molar-refractivity contribution in [1.82, 2.24) is 10.1 Å². The third-order valence-corrected chi connectivity index (χ3v) is 3.75. The molecule has 1 aliphatic rings. The van der Waals surface area contributed by atoms with Crippen molar-refractivity contribution in [2.24, 2.45) is 5.41 Å². The topological polar surface area (TPSA) is 86.5 Å². The molecule has 0 radical (unpaired) electrons. The van der Waals surface area contributed by atoms with E-state index in [4.69, 9.17) is 4.52 Å². The van der Waals surface area contributed by atoms with Gasteiger partial charge in [0.15, 0.2) is 0 Å². The van der Waals surface area contributed by atoms with Crippen LogP contribution in [0, 0.1) is 5.41 Å². The second-order valence-corrected chi connectivity index (χ2v) is 6.73. The Morgan fingerprint density at radius 1 is 1.55 bits per heavy atom. The molecule has 0 saturated carbocycles. The number of nitrogens with zero attached hydrogens (tertiary/aromatic N) is 1. The number of aromatic nitrogens is 1. The van der Waals surface area contributed by atoms with E-state index >= 15 is 0 Å². The Bertz CT molecular complexity index is 526. The monoisotopic (exact) mass is 282 g/mol. The molecule has 2 unspecified atom stereocenters. The highest BCUT2D eigenvalue weighted by Gasteiger charge is 2.35. The van der Waals surface area contributed by atoms with Crippen LogP contribution >= 0.6 is 0 Å². The zero-order valence-corrected chi connectivity index (χ0v) is 12.2. The minimum atomic E-state index is -0.867. The Balaban J connectivity index is 2.15. The molecular formula is C14H22N2O4. The molecule has 1 aliphatic heterocycles. The summed E-state index contributed by atoms with van der Waals surface area (Å²) in [4.78, 5) is 24.0. The summed E-state index contributed by atoms with van der Waals surface area (Å²) in [5.74, 6) is 0.746. The molecule has 0 aromatic carbocycles. The molecule has 1 amide bonds. The third-order valence-electron chi connectivity index (χ3n) is 3.75. The van der Waals surface area contributed by atoms with Crippen LogP contribution in [-0.2, 0) is 0 Å². The van der Waals surface area contributed by atoms with Crippen molar-refractivity contribution in [3.63, 3.8) is 0 Å². The van der Waals surface area contributed by atoms with Crippen molar-refractivity contribution < 1.29 is 14.4 Å². The average molecular weight is 282 g/mol. The Morgan fingerprint density at radius 3 is 2.75 bits per heavy atom. The van der Waals surface area contributed by atoms with E-state index in [0.29, 0.717) is 25.1 Å². The van der Waals surface area contributed by atoms with Gasteiger partial charge in [-0.1, -0.05) is 20.8 Å². The van der Waals surface area contributed by atoms with Gasteiger partial charge in [0.1, 0.15) is 5.76 Å². The highest BCUT2D eigenvalue weighted by atomic mass is 16.5. The normalized spacial score (nSPS) is 23.9. The molecule has 1 fully saturated rings. The average Bonchev–Trinajstić information content (AvgIpc) is 2.73.